The normalized spacial score (nSPS) is 12.1. The molecule has 2 nitrogen and oxygen atoms in total. The van der Waals surface area contributed by atoms with Crippen molar-refractivity contribution in [3.8, 4) is 11.8 Å². The van der Waals surface area contributed by atoms with Crippen molar-refractivity contribution >= 4 is 11.8 Å². The minimum atomic E-state index is -0.0866. The highest BCUT2D eigenvalue weighted by atomic mass is 32.2. The third kappa shape index (κ3) is 5.14. The highest BCUT2D eigenvalue weighted by Crippen LogP contribution is 2.10. The van der Waals surface area contributed by atoms with Crippen LogP contribution in [-0.2, 0) is 6.54 Å². The minimum absolute atomic E-state index is 0.0866. The van der Waals surface area contributed by atoms with E-state index in [4.69, 9.17) is 5.11 Å². The molecule has 0 aliphatic carbocycles. The molecule has 0 bridgehead atoms. The van der Waals surface area contributed by atoms with Crippen LogP contribution in [-0.4, -0.2) is 41.7 Å². The SMILES string of the molecule is CSCC(C)N(C)Cc1ccc(C#CCO)cc1. The van der Waals surface area contributed by atoms with Gasteiger partial charge in [-0.2, -0.15) is 11.8 Å². The fourth-order valence-electron chi connectivity index (χ4n) is 1.65. The number of aliphatic hydroxyl groups is 1. The Balaban J connectivity index is 2.58. The molecule has 0 fully saturated rings. The fraction of sp³-hybridized carbons (Fsp3) is 0.467. The van der Waals surface area contributed by atoms with Crippen LogP contribution in [0.5, 0.6) is 0 Å². The highest BCUT2D eigenvalue weighted by molar-refractivity contribution is 7.98. The van der Waals surface area contributed by atoms with E-state index in [-0.39, 0.29) is 6.61 Å². The largest absolute Gasteiger partial charge is 0.384 e. The van der Waals surface area contributed by atoms with Crippen LogP contribution in [0.25, 0.3) is 0 Å². The van der Waals surface area contributed by atoms with Crippen LogP contribution in [0.3, 0.4) is 0 Å². The number of aliphatic hydroxyl groups excluding tert-OH is 1. The molecule has 0 aromatic heterocycles. The summed E-state index contributed by atoms with van der Waals surface area (Å²) >= 11 is 1.88. The van der Waals surface area contributed by atoms with Crippen molar-refractivity contribution in [2.45, 2.75) is 19.5 Å². The van der Waals surface area contributed by atoms with Crippen molar-refractivity contribution in [3.05, 3.63) is 35.4 Å². The number of hydrogen-bond acceptors (Lipinski definition) is 3. The lowest BCUT2D eigenvalue weighted by atomic mass is 10.1. The maximum Gasteiger partial charge on any atom is 0.104 e. The van der Waals surface area contributed by atoms with E-state index < -0.39 is 0 Å². The summed E-state index contributed by atoms with van der Waals surface area (Å²) < 4.78 is 0. The molecule has 0 aliphatic rings. The van der Waals surface area contributed by atoms with Gasteiger partial charge < -0.3 is 5.11 Å². The summed E-state index contributed by atoms with van der Waals surface area (Å²) in [4.78, 5) is 2.35. The van der Waals surface area contributed by atoms with Gasteiger partial charge in [-0.15, -0.1) is 0 Å². The first kappa shape index (κ1) is 15.1. The predicted octanol–water partition coefficient (Wildman–Crippen LogP) is 2.21. The molecule has 0 radical (unpaired) electrons. The van der Waals surface area contributed by atoms with Crippen molar-refractivity contribution < 1.29 is 5.11 Å². The molecule has 0 amide bonds. The summed E-state index contributed by atoms with van der Waals surface area (Å²) in [5.74, 6) is 6.70. The number of nitrogens with zero attached hydrogens (tertiary/aromatic N) is 1. The number of rotatable bonds is 5. The van der Waals surface area contributed by atoms with Crippen molar-refractivity contribution in [1.29, 1.82) is 0 Å². The van der Waals surface area contributed by atoms with E-state index in [9.17, 15) is 0 Å². The van der Waals surface area contributed by atoms with Crippen LogP contribution < -0.4 is 0 Å². The Morgan fingerprint density at radius 1 is 1.33 bits per heavy atom. The lowest BCUT2D eigenvalue weighted by molar-refractivity contribution is 0.270. The van der Waals surface area contributed by atoms with Gasteiger partial charge in [-0.25, -0.2) is 0 Å². The van der Waals surface area contributed by atoms with Crippen LogP contribution in [0.1, 0.15) is 18.1 Å². The average Bonchev–Trinajstić information content (AvgIpc) is 2.38. The first-order valence-corrected chi connectivity index (χ1v) is 7.44. The van der Waals surface area contributed by atoms with E-state index >= 15 is 0 Å². The Hall–Kier alpha value is -0.950. The van der Waals surface area contributed by atoms with Gasteiger partial charge in [-0.05, 0) is 37.9 Å². The zero-order chi connectivity index (χ0) is 13.4. The second kappa shape index (κ2) is 8.20. The highest BCUT2D eigenvalue weighted by Gasteiger charge is 2.08. The van der Waals surface area contributed by atoms with Gasteiger partial charge in [0.1, 0.15) is 6.61 Å². The van der Waals surface area contributed by atoms with Crippen molar-refractivity contribution in [2.24, 2.45) is 0 Å². The number of hydrogen-bond donors (Lipinski definition) is 1. The van der Waals surface area contributed by atoms with Gasteiger partial charge in [0.2, 0.25) is 0 Å². The Bertz CT molecular complexity index is 405. The fourth-order valence-corrected chi connectivity index (χ4v) is 2.38. The molecule has 0 saturated heterocycles. The van der Waals surface area contributed by atoms with Gasteiger partial charge in [0, 0.05) is 23.9 Å². The van der Waals surface area contributed by atoms with E-state index in [0.717, 1.165) is 17.9 Å². The molecular formula is C15H21NOS. The Labute approximate surface area is 114 Å². The van der Waals surface area contributed by atoms with Gasteiger partial charge >= 0.3 is 0 Å². The first-order chi connectivity index (χ1) is 8.67. The second-order valence-electron chi connectivity index (χ2n) is 4.38. The van der Waals surface area contributed by atoms with Crippen molar-refractivity contribution in [3.63, 3.8) is 0 Å². The molecule has 0 aliphatic heterocycles. The quantitative estimate of drug-likeness (QED) is 0.824. The third-order valence-electron chi connectivity index (χ3n) is 2.86. The molecule has 1 aromatic rings. The molecule has 1 aromatic carbocycles. The first-order valence-electron chi connectivity index (χ1n) is 6.05. The second-order valence-corrected chi connectivity index (χ2v) is 5.29. The van der Waals surface area contributed by atoms with E-state index in [1.807, 2.05) is 23.9 Å². The molecule has 1 atom stereocenters. The maximum absolute atomic E-state index is 8.63. The summed E-state index contributed by atoms with van der Waals surface area (Å²) in [5.41, 5.74) is 2.24. The van der Waals surface area contributed by atoms with Gasteiger partial charge in [-0.1, -0.05) is 24.0 Å². The number of benzene rings is 1. The van der Waals surface area contributed by atoms with Crippen LogP contribution in [0.2, 0.25) is 0 Å². The van der Waals surface area contributed by atoms with Gasteiger partial charge in [0.15, 0.2) is 0 Å². The van der Waals surface area contributed by atoms with Crippen molar-refractivity contribution in [1.82, 2.24) is 4.90 Å². The third-order valence-corrected chi connectivity index (χ3v) is 3.67. The zero-order valence-electron chi connectivity index (χ0n) is 11.3. The standard InChI is InChI=1S/C15H21NOS/c1-13(12-18-3)16(2)11-15-8-6-14(7-9-15)5-4-10-17/h6-9,13,17H,10-12H2,1-3H3. The van der Waals surface area contributed by atoms with Crippen molar-refractivity contribution in [2.75, 3.05) is 25.7 Å². The van der Waals surface area contributed by atoms with Crippen LogP contribution >= 0.6 is 11.8 Å². The molecule has 0 spiro atoms. The Kier molecular flexibility index (Phi) is 6.89. The molecular weight excluding hydrogens is 242 g/mol. The molecule has 98 valence electrons. The van der Waals surface area contributed by atoms with Crippen LogP contribution in [0.4, 0.5) is 0 Å². The van der Waals surface area contributed by atoms with Crippen LogP contribution in [0.15, 0.2) is 24.3 Å². The van der Waals surface area contributed by atoms with Crippen LogP contribution in [0, 0.1) is 11.8 Å². The average molecular weight is 263 g/mol. The molecule has 0 heterocycles. The minimum Gasteiger partial charge on any atom is -0.384 e. The molecule has 0 saturated carbocycles. The smallest absolute Gasteiger partial charge is 0.104 e. The lowest BCUT2D eigenvalue weighted by Crippen LogP contribution is -2.30. The molecule has 1 rings (SSSR count). The van der Waals surface area contributed by atoms with Gasteiger partial charge in [0.25, 0.3) is 0 Å². The molecule has 3 heteroatoms. The topological polar surface area (TPSA) is 23.5 Å². The summed E-state index contributed by atoms with van der Waals surface area (Å²) in [6.45, 7) is 3.11. The Morgan fingerprint density at radius 2 is 2.00 bits per heavy atom. The van der Waals surface area contributed by atoms with E-state index in [0.29, 0.717) is 6.04 Å². The van der Waals surface area contributed by atoms with Gasteiger partial charge in [-0.3, -0.25) is 4.90 Å². The summed E-state index contributed by atoms with van der Waals surface area (Å²) in [6.07, 6.45) is 2.14. The zero-order valence-corrected chi connectivity index (χ0v) is 12.1. The predicted molar refractivity (Wildman–Crippen MR) is 79.7 cm³/mol. The monoisotopic (exact) mass is 263 g/mol. The summed E-state index contributed by atoms with van der Waals surface area (Å²) in [5, 5.41) is 8.63. The summed E-state index contributed by atoms with van der Waals surface area (Å²) in [7, 11) is 2.15. The van der Waals surface area contributed by atoms with E-state index in [1.54, 1.807) is 0 Å². The molecule has 1 unspecified atom stereocenters. The Morgan fingerprint density at radius 3 is 2.56 bits per heavy atom. The maximum atomic E-state index is 8.63. The molecule has 1 N–H and O–H groups in total. The number of thioether (sulfide) groups is 1. The van der Waals surface area contributed by atoms with E-state index in [2.05, 4.69) is 49.1 Å². The van der Waals surface area contributed by atoms with E-state index in [1.165, 1.54) is 5.56 Å². The van der Waals surface area contributed by atoms with Gasteiger partial charge in [0.05, 0.1) is 0 Å². The lowest BCUT2D eigenvalue weighted by Gasteiger charge is -2.24. The molecule has 18 heavy (non-hydrogen) atoms. The summed E-state index contributed by atoms with van der Waals surface area (Å²) in [6, 6.07) is 8.79.